The number of carbonyl (C=O) groups excluding carboxylic acids is 1. The number of nitrogens with zero attached hydrogens (tertiary/aromatic N) is 1. The van der Waals surface area contributed by atoms with E-state index in [0.717, 1.165) is 17.7 Å². The van der Waals surface area contributed by atoms with Gasteiger partial charge in [-0.2, -0.15) is 13.2 Å². The number of nitrogens with two attached hydrogens (primary N) is 1. The smallest absolute Gasteiger partial charge is 0.344 e. The van der Waals surface area contributed by atoms with Gasteiger partial charge in [0.25, 0.3) is 0 Å². The summed E-state index contributed by atoms with van der Waals surface area (Å²) in [5.41, 5.74) is 5.09. The summed E-state index contributed by atoms with van der Waals surface area (Å²) in [4.78, 5) is 13.2. The van der Waals surface area contributed by atoms with Crippen LogP contribution in [-0.2, 0) is 4.79 Å². The minimum atomic E-state index is -4.24. The molecule has 0 spiro atoms. The highest BCUT2D eigenvalue weighted by atomic mass is 19.4. The van der Waals surface area contributed by atoms with E-state index < -0.39 is 18.1 Å². The van der Waals surface area contributed by atoms with E-state index in [0.29, 0.717) is 18.8 Å². The van der Waals surface area contributed by atoms with Crippen molar-refractivity contribution in [3.05, 3.63) is 0 Å². The van der Waals surface area contributed by atoms with Crippen LogP contribution in [0, 0.1) is 5.92 Å². The molecule has 0 aliphatic heterocycles. The molecule has 1 rings (SSSR count). The molecule has 0 radical (unpaired) electrons. The standard InChI is InChI=1S/C12H21F3N2O/c1-9-4-3-5-11(16,8-9)10(18)17(2)7-6-12(13,14)15/h9H,3-8,16H2,1-2H3. The first kappa shape index (κ1) is 15.3. The zero-order valence-electron chi connectivity index (χ0n) is 10.9. The Balaban J connectivity index is 2.57. The number of rotatable bonds is 3. The minimum Gasteiger partial charge on any atom is -0.344 e. The summed E-state index contributed by atoms with van der Waals surface area (Å²) in [6, 6.07) is 0. The second-order valence-electron chi connectivity index (χ2n) is 5.45. The van der Waals surface area contributed by atoms with Crippen LogP contribution < -0.4 is 5.73 Å². The van der Waals surface area contributed by atoms with Gasteiger partial charge < -0.3 is 10.6 Å². The van der Waals surface area contributed by atoms with Gasteiger partial charge in [0.15, 0.2) is 0 Å². The first-order valence-corrected chi connectivity index (χ1v) is 6.25. The molecule has 2 N–H and O–H groups in total. The van der Waals surface area contributed by atoms with Crippen molar-refractivity contribution in [2.45, 2.75) is 50.7 Å². The van der Waals surface area contributed by atoms with Crippen LogP contribution in [0.3, 0.4) is 0 Å². The molecule has 3 nitrogen and oxygen atoms in total. The van der Waals surface area contributed by atoms with E-state index in [1.165, 1.54) is 7.05 Å². The van der Waals surface area contributed by atoms with Crippen molar-refractivity contribution in [1.82, 2.24) is 4.90 Å². The molecule has 0 heterocycles. The molecule has 1 fully saturated rings. The number of alkyl halides is 3. The number of likely N-dealkylation sites (N-methyl/N-ethyl adjacent to an activating group) is 1. The van der Waals surface area contributed by atoms with E-state index in [1.54, 1.807) is 0 Å². The van der Waals surface area contributed by atoms with Gasteiger partial charge in [-0.05, 0) is 18.8 Å². The number of hydrogen-bond acceptors (Lipinski definition) is 2. The minimum absolute atomic E-state index is 0.324. The molecule has 2 unspecified atom stereocenters. The second-order valence-corrected chi connectivity index (χ2v) is 5.45. The van der Waals surface area contributed by atoms with E-state index in [1.807, 2.05) is 6.92 Å². The topological polar surface area (TPSA) is 46.3 Å². The molecule has 106 valence electrons. The average molecular weight is 266 g/mol. The quantitative estimate of drug-likeness (QED) is 0.852. The van der Waals surface area contributed by atoms with Gasteiger partial charge in [0.05, 0.1) is 12.0 Å². The Hall–Kier alpha value is -0.780. The average Bonchev–Trinajstić information content (AvgIpc) is 2.23. The van der Waals surface area contributed by atoms with Gasteiger partial charge in [0.1, 0.15) is 0 Å². The summed E-state index contributed by atoms with van der Waals surface area (Å²) in [5.74, 6) is -0.0120. The fourth-order valence-electron chi connectivity index (χ4n) is 2.56. The molecule has 1 saturated carbocycles. The van der Waals surface area contributed by atoms with Crippen molar-refractivity contribution in [2.75, 3.05) is 13.6 Å². The fourth-order valence-corrected chi connectivity index (χ4v) is 2.56. The maximum Gasteiger partial charge on any atom is 0.390 e. The molecular formula is C12H21F3N2O. The lowest BCUT2D eigenvalue weighted by Gasteiger charge is -2.38. The summed E-state index contributed by atoms with van der Waals surface area (Å²) in [7, 11) is 1.39. The first-order valence-electron chi connectivity index (χ1n) is 6.25. The maximum absolute atomic E-state index is 12.1. The van der Waals surface area contributed by atoms with Crippen LogP contribution in [0.15, 0.2) is 0 Å². The van der Waals surface area contributed by atoms with Crippen molar-refractivity contribution in [2.24, 2.45) is 11.7 Å². The monoisotopic (exact) mass is 266 g/mol. The van der Waals surface area contributed by atoms with E-state index in [2.05, 4.69) is 0 Å². The summed E-state index contributed by atoms with van der Waals surface area (Å²) >= 11 is 0. The fraction of sp³-hybridized carbons (Fsp3) is 0.917. The van der Waals surface area contributed by atoms with Crippen molar-refractivity contribution >= 4 is 5.91 Å². The molecule has 1 aliphatic rings. The lowest BCUT2D eigenvalue weighted by Crippen LogP contribution is -2.56. The largest absolute Gasteiger partial charge is 0.390 e. The van der Waals surface area contributed by atoms with Crippen LogP contribution in [0.5, 0.6) is 0 Å². The molecule has 6 heteroatoms. The number of hydrogen-bond donors (Lipinski definition) is 1. The molecule has 18 heavy (non-hydrogen) atoms. The summed E-state index contributed by atoms with van der Waals surface area (Å²) in [6.07, 6.45) is -2.22. The van der Waals surface area contributed by atoms with Crippen LogP contribution in [0.1, 0.15) is 39.0 Å². The number of halogens is 3. The molecular weight excluding hydrogens is 245 g/mol. The van der Waals surface area contributed by atoms with Gasteiger partial charge in [-0.1, -0.05) is 19.8 Å². The molecule has 2 atom stereocenters. The van der Waals surface area contributed by atoms with Crippen LogP contribution in [0.2, 0.25) is 0 Å². The van der Waals surface area contributed by atoms with Crippen molar-refractivity contribution in [1.29, 1.82) is 0 Å². The van der Waals surface area contributed by atoms with Gasteiger partial charge in [-0.3, -0.25) is 4.79 Å². The highest BCUT2D eigenvalue weighted by molar-refractivity contribution is 5.86. The summed E-state index contributed by atoms with van der Waals surface area (Å²) < 4.78 is 36.3. The van der Waals surface area contributed by atoms with Crippen LogP contribution in [-0.4, -0.2) is 36.1 Å². The van der Waals surface area contributed by atoms with Crippen molar-refractivity contribution in [3.63, 3.8) is 0 Å². The van der Waals surface area contributed by atoms with Gasteiger partial charge in [-0.15, -0.1) is 0 Å². The molecule has 0 aromatic heterocycles. The highest BCUT2D eigenvalue weighted by Gasteiger charge is 2.40. The third kappa shape index (κ3) is 4.15. The predicted molar refractivity (Wildman–Crippen MR) is 62.9 cm³/mol. The van der Waals surface area contributed by atoms with E-state index >= 15 is 0 Å². The lowest BCUT2D eigenvalue weighted by molar-refractivity contribution is -0.148. The molecule has 0 saturated heterocycles. The first-order chi connectivity index (χ1) is 8.14. The molecule has 1 aliphatic carbocycles. The van der Waals surface area contributed by atoms with Crippen molar-refractivity contribution < 1.29 is 18.0 Å². The zero-order chi connectivity index (χ0) is 14.0. The Morgan fingerprint density at radius 1 is 1.50 bits per heavy atom. The van der Waals surface area contributed by atoms with Crippen LogP contribution in [0.25, 0.3) is 0 Å². The predicted octanol–water partition coefficient (Wildman–Crippen LogP) is 2.30. The molecule has 1 amide bonds. The summed E-state index contributed by atoms with van der Waals surface area (Å²) in [5, 5.41) is 0. The normalized spacial score (nSPS) is 29.1. The Bertz CT molecular complexity index is 306. The van der Waals surface area contributed by atoms with E-state index in [4.69, 9.17) is 5.73 Å². The Morgan fingerprint density at radius 2 is 2.11 bits per heavy atom. The Kier molecular flexibility index (Phi) is 4.64. The summed E-state index contributed by atoms with van der Waals surface area (Å²) in [6.45, 7) is 1.69. The van der Waals surface area contributed by atoms with Gasteiger partial charge in [0, 0.05) is 13.6 Å². The molecule has 0 aromatic carbocycles. The van der Waals surface area contributed by atoms with Gasteiger partial charge in [-0.25, -0.2) is 0 Å². The molecule has 0 aromatic rings. The second kappa shape index (κ2) is 5.47. The van der Waals surface area contributed by atoms with Crippen molar-refractivity contribution in [3.8, 4) is 0 Å². The Labute approximate surface area is 106 Å². The van der Waals surface area contributed by atoms with E-state index in [-0.39, 0.29) is 12.5 Å². The van der Waals surface area contributed by atoms with Gasteiger partial charge >= 0.3 is 6.18 Å². The van der Waals surface area contributed by atoms with Crippen LogP contribution >= 0.6 is 0 Å². The SMILES string of the molecule is CC1CCCC(N)(C(=O)N(C)CCC(F)(F)F)C1. The maximum atomic E-state index is 12.1. The Morgan fingerprint density at radius 3 is 2.61 bits per heavy atom. The number of amides is 1. The van der Waals surface area contributed by atoms with Gasteiger partial charge in [0.2, 0.25) is 5.91 Å². The highest BCUT2D eigenvalue weighted by Crippen LogP contribution is 2.32. The third-order valence-electron chi connectivity index (χ3n) is 3.54. The van der Waals surface area contributed by atoms with E-state index in [9.17, 15) is 18.0 Å². The molecule has 0 bridgehead atoms. The third-order valence-corrected chi connectivity index (χ3v) is 3.54. The zero-order valence-corrected chi connectivity index (χ0v) is 10.9. The van der Waals surface area contributed by atoms with Crippen LogP contribution in [0.4, 0.5) is 13.2 Å². The lowest BCUT2D eigenvalue weighted by atomic mass is 9.76. The number of carbonyl (C=O) groups is 1.